The zero-order valence-electron chi connectivity index (χ0n) is 9.76. The average Bonchev–Trinajstić information content (AvgIpc) is 2.55. The maximum absolute atomic E-state index is 3.54. The highest BCUT2D eigenvalue weighted by Crippen LogP contribution is 2.29. The number of rotatable bonds is 0. The highest BCUT2D eigenvalue weighted by Gasteiger charge is 2.26. The summed E-state index contributed by atoms with van der Waals surface area (Å²) in [4.78, 5) is 3.54. The van der Waals surface area contributed by atoms with Crippen LogP contribution in [0.1, 0.15) is 11.3 Å². The van der Waals surface area contributed by atoms with E-state index in [1.54, 1.807) is 0 Å². The number of hydrogen-bond donors (Lipinski definition) is 1. The molecule has 1 aromatic carbocycles. The van der Waals surface area contributed by atoms with Gasteiger partial charge in [0.2, 0.25) is 0 Å². The molecule has 0 unspecified atom stereocenters. The molecule has 0 atom stereocenters. The van der Waals surface area contributed by atoms with Crippen LogP contribution >= 0.6 is 0 Å². The predicted molar refractivity (Wildman–Crippen MR) is 62.7 cm³/mol. The Morgan fingerprint density at radius 1 is 1.19 bits per heavy atom. The molecule has 0 radical (unpaired) electrons. The van der Waals surface area contributed by atoms with Gasteiger partial charge in [0, 0.05) is 28.6 Å². The minimum absolute atomic E-state index is 0. The van der Waals surface area contributed by atoms with Gasteiger partial charge in [-0.1, -0.05) is 18.2 Å². The van der Waals surface area contributed by atoms with E-state index >= 15 is 0 Å². The van der Waals surface area contributed by atoms with Gasteiger partial charge in [-0.3, -0.25) is 0 Å². The lowest BCUT2D eigenvalue weighted by Crippen LogP contribution is -3.00. The van der Waals surface area contributed by atoms with Gasteiger partial charge in [-0.15, -0.1) is 0 Å². The lowest BCUT2D eigenvalue weighted by atomic mass is 10.0. The van der Waals surface area contributed by atoms with E-state index in [1.165, 1.54) is 35.1 Å². The molecular formula is C13H17IN2. The fourth-order valence-electron chi connectivity index (χ4n) is 2.57. The highest BCUT2D eigenvalue weighted by atomic mass is 127. The third-order valence-corrected chi connectivity index (χ3v) is 3.46. The van der Waals surface area contributed by atoms with Gasteiger partial charge in [0.15, 0.2) is 0 Å². The van der Waals surface area contributed by atoms with Crippen LogP contribution in [-0.2, 0) is 13.0 Å². The number of nitrogens with one attached hydrogen (secondary N) is 1. The monoisotopic (exact) mass is 328 g/mol. The van der Waals surface area contributed by atoms with Gasteiger partial charge in [0.25, 0.3) is 0 Å². The van der Waals surface area contributed by atoms with Crippen LogP contribution in [0.15, 0.2) is 24.3 Å². The fourth-order valence-corrected chi connectivity index (χ4v) is 2.57. The van der Waals surface area contributed by atoms with E-state index in [4.69, 9.17) is 0 Å². The van der Waals surface area contributed by atoms with Crippen molar-refractivity contribution < 1.29 is 28.5 Å². The van der Waals surface area contributed by atoms with Crippen molar-refractivity contribution in [1.29, 1.82) is 0 Å². The predicted octanol–water partition coefficient (Wildman–Crippen LogP) is -0.696. The number of para-hydroxylation sites is 1. The van der Waals surface area contributed by atoms with Crippen molar-refractivity contribution in [2.24, 2.45) is 0 Å². The van der Waals surface area contributed by atoms with Gasteiger partial charge in [-0.2, -0.15) is 0 Å². The third-order valence-electron chi connectivity index (χ3n) is 3.46. The SMILES string of the molecule is C[N+]1(C)CCc2[nH]c3ccccc3c2C1.[I-]. The maximum Gasteiger partial charge on any atom is 0.106 e. The molecule has 0 amide bonds. The van der Waals surface area contributed by atoms with Crippen molar-refractivity contribution in [2.75, 3.05) is 20.6 Å². The highest BCUT2D eigenvalue weighted by molar-refractivity contribution is 5.84. The molecule has 2 nitrogen and oxygen atoms in total. The molecule has 1 aliphatic rings. The Hall–Kier alpha value is -0.550. The zero-order chi connectivity index (χ0) is 10.5. The summed E-state index contributed by atoms with van der Waals surface area (Å²) in [5, 5.41) is 1.42. The number of aromatic nitrogens is 1. The van der Waals surface area contributed by atoms with E-state index < -0.39 is 0 Å². The van der Waals surface area contributed by atoms with Crippen LogP contribution in [0, 0.1) is 0 Å². The van der Waals surface area contributed by atoms with Gasteiger partial charge in [0.05, 0.1) is 20.6 Å². The number of H-pyrrole nitrogens is 1. The van der Waals surface area contributed by atoms with Crippen LogP contribution in [-0.4, -0.2) is 30.1 Å². The number of benzene rings is 1. The molecule has 1 aliphatic heterocycles. The summed E-state index contributed by atoms with van der Waals surface area (Å²) in [6.45, 7) is 2.39. The quantitative estimate of drug-likeness (QED) is 0.487. The number of fused-ring (bicyclic) bond motifs is 3. The van der Waals surface area contributed by atoms with E-state index in [9.17, 15) is 0 Å². The molecule has 3 heteroatoms. The first kappa shape index (κ1) is 11.9. The number of aromatic amines is 1. The minimum atomic E-state index is 0. The number of nitrogens with zero attached hydrogens (tertiary/aromatic N) is 1. The molecule has 1 N–H and O–H groups in total. The molecule has 3 rings (SSSR count). The van der Waals surface area contributed by atoms with Crippen molar-refractivity contribution in [3.8, 4) is 0 Å². The summed E-state index contributed by atoms with van der Waals surface area (Å²) < 4.78 is 1.11. The number of halogens is 1. The Kier molecular flexibility index (Phi) is 3.01. The van der Waals surface area contributed by atoms with Gasteiger partial charge in [0.1, 0.15) is 6.54 Å². The number of hydrogen-bond acceptors (Lipinski definition) is 0. The van der Waals surface area contributed by atoms with Crippen molar-refractivity contribution in [3.05, 3.63) is 35.5 Å². The van der Waals surface area contributed by atoms with Gasteiger partial charge < -0.3 is 33.4 Å². The molecule has 86 valence electrons. The van der Waals surface area contributed by atoms with E-state index in [1.807, 2.05) is 0 Å². The van der Waals surface area contributed by atoms with Crippen LogP contribution in [0.25, 0.3) is 10.9 Å². The molecule has 0 saturated carbocycles. The van der Waals surface area contributed by atoms with Crippen molar-refractivity contribution in [1.82, 2.24) is 4.98 Å². The summed E-state index contributed by atoms with van der Waals surface area (Å²) in [6.07, 6.45) is 1.18. The van der Waals surface area contributed by atoms with Crippen LogP contribution in [0.2, 0.25) is 0 Å². The summed E-state index contributed by atoms with van der Waals surface area (Å²) in [5.41, 5.74) is 4.28. The van der Waals surface area contributed by atoms with Gasteiger partial charge in [-0.25, -0.2) is 0 Å². The minimum Gasteiger partial charge on any atom is -1.00 e. The van der Waals surface area contributed by atoms with Crippen LogP contribution in [0.3, 0.4) is 0 Å². The second-order valence-corrected chi connectivity index (χ2v) is 5.20. The number of quaternary nitrogens is 1. The Bertz CT molecular complexity index is 514. The van der Waals surface area contributed by atoms with Crippen LogP contribution in [0.5, 0.6) is 0 Å². The first-order valence-electron chi connectivity index (χ1n) is 5.56. The van der Waals surface area contributed by atoms with Gasteiger partial charge in [-0.05, 0) is 6.07 Å². The first-order chi connectivity index (χ1) is 7.16. The summed E-state index contributed by atoms with van der Waals surface area (Å²) in [6, 6.07) is 8.64. The molecule has 16 heavy (non-hydrogen) atoms. The standard InChI is InChI=1S/C13H17N2.HI/c1-15(2)8-7-13-11(9-15)10-5-3-4-6-12(10)14-13;/h3-6,14H,7-9H2,1-2H3;1H/q+1;/p-1. The van der Waals surface area contributed by atoms with E-state index in [-0.39, 0.29) is 24.0 Å². The molecule has 0 fully saturated rings. The summed E-state index contributed by atoms with van der Waals surface area (Å²) >= 11 is 0. The van der Waals surface area contributed by atoms with Crippen molar-refractivity contribution >= 4 is 10.9 Å². The Morgan fingerprint density at radius 2 is 1.94 bits per heavy atom. The molecule has 1 aromatic heterocycles. The van der Waals surface area contributed by atoms with Crippen molar-refractivity contribution in [3.63, 3.8) is 0 Å². The largest absolute Gasteiger partial charge is 1.00 e. The van der Waals surface area contributed by atoms with E-state index in [2.05, 4.69) is 43.3 Å². The summed E-state index contributed by atoms with van der Waals surface area (Å²) in [7, 11) is 4.62. The third kappa shape index (κ3) is 1.86. The average molecular weight is 328 g/mol. The fraction of sp³-hybridized carbons (Fsp3) is 0.385. The zero-order valence-corrected chi connectivity index (χ0v) is 11.9. The second-order valence-electron chi connectivity index (χ2n) is 5.20. The molecule has 2 aromatic rings. The normalized spacial score (nSPS) is 17.9. The molecule has 0 saturated heterocycles. The lowest BCUT2D eigenvalue weighted by molar-refractivity contribution is -0.905. The smallest absolute Gasteiger partial charge is 0.106 e. The maximum atomic E-state index is 3.54. The van der Waals surface area contributed by atoms with Crippen molar-refractivity contribution in [2.45, 2.75) is 13.0 Å². The Labute approximate surface area is 113 Å². The topological polar surface area (TPSA) is 15.8 Å². The lowest BCUT2D eigenvalue weighted by Gasteiger charge is -2.33. The molecule has 0 bridgehead atoms. The van der Waals surface area contributed by atoms with E-state index in [0.717, 1.165) is 11.0 Å². The molecule has 0 aliphatic carbocycles. The molecular weight excluding hydrogens is 311 g/mol. The summed E-state index contributed by atoms with van der Waals surface area (Å²) in [5.74, 6) is 0. The molecule has 2 heterocycles. The van der Waals surface area contributed by atoms with Crippen LogP contribution in [0.4, 0.5) is 0 Å². The molecule has 0 spiro atoms. The number of likely N-dealkylation sites (N-methyl/N-ethyl adjacent to an activating group) is 1. The van der Waals surface area contributed by atoms with E-state index in [0.29, 0.717) is 0 Å². The van der Waals surface area contributed by atoms with Gasteiger partial charge >= 0.3 is 0 Å². The first-order valence-corrected chi connectivity index (χ1v) is 5.56. The second kappa shape index (κ2) is 4.04. The Morgan fingerprint density at radius 3 is 2.75 bits per heavy atom. The van der Waals surface area contributed by atoms with Crippen LogP contribution < -0.4 is 24.0 Å². The Balaban J connectivity index is 0.000000963.